The highest BCUT2D eigenvalue weighted by Crippen LogP contribution is 2.28. The van der Waals surface area contributed by atoms with Gasteiger partial charge in [-0.15, -0.1) is 0 Å². The van der Waals surface area contributed by atoms with Crippen LogP contribution < -0.4 is 4.74 Å². The van der Waals surface area contributed by atoms with Crippen LogP contribution in [-0.4, -0.2) is 26.2 Å². The largest absolute Gasteiger partial charge is 0.485 e. The molecule has 7 nitrogen and oxygen atoms in total. The van der Waals surface area contributed by atoms with Crippen LogP contribution in [0.15, 0.2) is 36.9 Å². The number of aliphatic hydroxyl groups is 1. The fraction of sp³-hybridized carbons (Fsp3) is 0.250. The Balaban J connectivity index is 2.06. The second-order valence-corrected chi connectivity index (χ2v) is 3.87. The highest BCUT2D eigenvalue weighted by atomic mass is 16.6. The normalized spacial score (nSPS) is 10.4. The van der Waals surface area contributed by atoms with E-state index in [1.807, 2.05) is 4.57 Å². The van der Waals surface area contributed by atoms with E-state index in [4.69, 9.17) is 9.84 Å². The van der Waals surface area contributed by atoms with E-state index in [2.05, 4.69) is 4.98 Å². The molecule has 7 heteroatoms. The van der Waals surface area contributed by atoms with Crippen molar-refractivity contribution in [3.05, 3.63) is 52.6 Å². The molecule has 0 radical (unpaired) electrons. The van der Waals surface area contributed by atoms with Gasteiger partial charge in [-0.3, -0.25) is 10.1 Å². The Kier molecular flexibility index (Phi) is 4.09. The first-order valence-electron chi connectivity index (χ1n) is 5.67. The molecule has 0 saturated heterocycles. The van der Waals surface area contributed by atoms with Crippen LogP contribution in [0.4, 0.5) is 5.69 Å². The Morgan fingerprint density at radius 3 is 2.95 bits per heavy atom. The second kappa shape index (κ2) is 5.96. The third-order valence-electron chi connectivity index (χ3n) is 2.57. The van der Waals surface area contributed by atoms with E-state index in [-0.39, 0.29) is 24.7 Å². The maximum atomic E-state index is 10.9. The zero-order valence-electron chi connectivity index (χ0n) is 10.1. The number of aromatic nitrogens is 2. The lowest BCUT2D eigenvalue weighted by atomic mass is 10.2. The number of hydrogen-bond acceptors (Lipinski definition) is 5. The predicted molar refractivity (Wildman–Crippen MR) is 66.7 cm³/mol. The molecule has 100 valence electrons. The molecule has 1 aromatic heterocycles. The predicted octanol–water partition coefficient (Wildman–Crippen LogP) is 1.36. The molecule has 0 atom stereocenters. The molecule has 0 unspecified atom stereocenters. The molecule has 0 aliphatic heterocycles. The first-order valence-corrected chi connectivity index (χ1v) is 5.67. The summed E-state index contributed by atoms with van der Waals surface area (Å²) in [5.41, 5.74) is 0.464. The van der Waals surface area contributed by atoms with Gasteiger partial charge in [0.1, 0.15) is 6.61 Å². The molecule has 0 amide bonds. The van der Waals surface area contributed by atoms with E-state index in [0.717, 1.165) is 0 Å². The molecule has 0 spiro atoms. The Bertz CT molecular complexity index is 554. The Labute approximate surface area is 109 Å². The minimum Gasteiger partial charge on any atom is -0.485 e. The topological polar surface area (TPSA) is 90.4 Å². The Hall–Kier alpha value is -2.41. The average Bonchev–Trinajstić information content (AvgIpc) is 2.91. The molecule has 19 heavy (non-hydrogen) atoms. The number of rotatable bonds is 6. The van der Waals surface area contributed by atoms with Crippen LogP contribution in [0.1, 0.15) is 5.56 Å². The van der Waals surface area contributed by atoms with Crippen molar-refractivity contribution >= 4 is 5.69 Å². The molecule has 2 aromatic rings. The quantitative estimate of drug-likeness (QED) is 0.627. The van der Waals surface area contributed by atoms with Crippen molar-refractivity contribution in [2.24, 2.45) is 0 Å². The van der Waals surface area contributed by atoms with Crippen molar-refractivity contribution in [3.8, 4) is 5.75 Å². The molecule has 0 bridgehead atoms. The van der Waals surface area contributed by atoms with Crippen molar-refractivity contribution in [2.75, 3.05) is 6.61 Å². The number of nitro groups is 1. The number of ether oxygens (including phenoxy) is 1. The Morgan fingerprint density at radius 1 is 1.47 bits per heavy atom. The fourth-order valence-electron chi connectivity index (χ4n) is 1.60. The lowest BCUT2D eigenvalue weighted by Crippen LogP contribution is -2.08. The molecule has 1 aromatic carbocycles. The lowest BCUT2D eigenvalue weighted by Gasteiger charge is -2.08. The average molecular weight is 263 g/mol. The summed E-state index contributed by atoms with van der Waals surface area (Å²) in [6, 6.07) is 4.31. The van der Waals surface area contributed by atoms with E-state index in [9.17, 15) is 10.1 Å². The number of benzene rings is 1. The van der Waals surface area contributed by atoms with Crippen molar-refractivity contribution in [3.63, 3.8) is 0 Å². The maximum Gasteiger partial charge on any atom is 0.310 e. The molecule has 1 N–H and O–H groups in total. The van der Waals surface area contributed by atoms with Gasteiger partial charge in [0.15, 0.2) is 5.75 Å². The smallest absolute Gasteiger partial charge is 0.310 e. The van der Waals surface area contributed by atoms with Crippen LogP contribution in [0, 0.1) is 10.1 Å². The molecule has 2 rings (SSSR count). The number of aliphatic hydroxyl groups excluding tert-OH is 1. The van der Waals surface area contributed by atoms with Crippen molar-refractivity contribution in [1.29, 1.82) is 0 Å². The van der Waals surface area contributed by atoms with Gasteiger partial charge in [-0.05, 0) is 17.7 Å². The molecule has 0 fully saturated rings. The highest BCUT2D eigenvalue weighted by molar-refractivity contribution is 5.48. The standard InChI is InChI=1S/C12H13N3O4/c16-8-10-1-2-11(15(17)18)12(7-10)19-6-5-14-4-3-13-9-14/h1-4,7,9,16H,5-6,8H2. The molecular weight excluding hydrogens is 250 g/mol. The zero-order chi connectivity index (χ0) is 13.7. The summed E-state index contributed by atoms with van der Waals surface area (Å²) < 4.78 is 7.22. The van der Waals surface area contributed by atoms with Crippen LogP contribution in [-0.2, 0) is 13.2 Å². The van der Waals surface area contributed by atoms with Gasteiger partial charge >= 0.3 is 5.69 Å². The molecule has 0 aliphatic rings. The van der Waals surface area contributed by atoms with Crippen LogP contribution in [0.3, 0.4) is 0 Å². The van der Waals surface area contributed by atoms with Gasteiger partial charge in [-0.25, -0.2) is 4.98 Å². The van der Waals surface area contributed by atoms with Crippen LogP contribution in [0.5, 0.6) is 5.75 Å². The summed E-state index contributed by atoms with van der Waals surface area (Å²) in [5, 5.41) is 19.9. The minimum atomic E-state index is -0.506. The van der Waals surface area contributed by atoms with E-state index in [1.165, 1.54) is 18.2 Å². The monoisotopic (exact) mass is 263 g/mol. The summed E-state index contributed by atoms with van der Waals surface area (Å²) >= 11 is 0. The second-order valence-electron chi connectivity index (χ2n) is 3.87. The number of imidazole rings is 1. The van der Waals surface area contributed by atoms with E-state index in [1.54, 1.807) is 18.7 Å². The minimum absolute atomic E-state index is 0.108. The first kappa shape index (κ1) is 13.0. The number of nitro benzene ring substituents is 1. The van der Waals surface area contributed by atoms with Gasteiger partial charge in [0.2, 0.25) is 0 Å². The third kappa shape index (κ3) is 3.29. The summed E-state index contributed by atoms with van der Waals surface area (Å²) in [5.74, 6) is 0.164. The van der Waals surface area contributed by atoms with Crippen LogP contribution in [0.2, 0.25) is 0 Å². The molecule has 0 saturated carbocycles. The number of nitrogens with zero attached hydrogens (tertiary/aromatic N) is 3. The van der Waals surface area contributed by atoms with Gasteiger partial charge in [0.25, 0.3) is 0 Å². The fourth-order valence-corrected chi connectivity index (χ4v) is 1.60. The maximum absolute atomic E-state index is 10.9. The molecule has 1 heterocycles. The third-order valence-corrected chi connectivity index (χ3v) is 2.57. The van der Waals surface area contributed by atoms with E-state index >= 15 is 0 Å². The van der Waals surface area contributed by atoms with Crippen LogP contribution >= 0.6 is 0 Å². The lowest BCUT2D eigenvalue weighted by molar-refractivity contribution is -0.385. The van der Waals surface area contributed by atoms with Gasteiger partial charge in [0, 0.05) is 18.5 Å². The van der Waals surface area contributed by atoms with Crippen molar-refractivity contribution in [2.45, 2.75) is 13.2 Å². The van der Waals surface area contributed by atoms with Gasteiger partial charge in [-0.2, -0.15) is 0 Å². The Morgan fingerprint density at radius 2 is 2.32 bits per heavy atom. The summed E-state index contributed by atoms with van der Waals surface area (Å²) in [4.78, 5) is 14.2. The summed E-state index contributed by atoms with van der Waals surface area (Å²) in [7, 11) is 0. The summed E-state index contributed by atoms with van der Waals surface area (Å²) in [6.45, 7) is 0.641. The van der Waals surface area contributed by atoms with Gasteiger partial charge < -0.3 is 14.4 Å². The van der Waals surface area contributed by atoms with Crippen molar-refractivity contribution in [1.82, 2.24) is 9.55 Å². The van der Waals surface area contributed by atoms with Gasteiger partial charge in [0.05, 0.1) is 24.4 Å². The van der Waals surface area contributed by atoms with E-state index < -0.39 is 4.92 Å². The van der Waals surface area contributed by atoms with Gasteiger partial charge in [-0.1, -0.05) is 0 Å². The summed E-state index contributed by atoms with van der Waals surface area (Å²) in [6.07, 6.45) is 5.07. The van der Waals surface area contributed by atoms with Crippen LogP contribution in [0.25, 0.3) is 0 Å². The molecule has 0 aliphatic carbocycles. The highest BCUT2D eigenvalue weighted by Gasteiger charge is 2.15. The van der Waals surface area contributed by atoms with Crippen molar-refractivity contribution < 1.29 is 14.8 Å². The zero-order valence-corrected chi connectivity index (χ0v) is 10.1. The van der Waals surface area contributed by atoms with E-state index in [0.29, 0.717) is 12.1 Å². The SMILES string of the molecule is O=[N+]([O-])c1ccc(CO)cc1OCCn1ccnc1. The molecular formula is C12H13N3O4. The number of hydrogen-bond donors (Lipinski definition) is 1. The first-order chi connectivity index (χ1) is 9.20.